The molecule has 0 bridgehead atoms. The maximum absolute atomic E-state index is 11.1. The van der Waals surface area contributed by atoms with Crippen LogP contribution in [0.5, 0.6) is 0 Å². The topological polar surface area (TPSA) is 99.4 Å². The maximum atomic E-state index is 11.1. The summed E-state index contributed by atoms with van der Waals surface area (Å²) in [5, 5.41) is 5.95. The van der Waals surface area contributed by atoms with Gasteiger partial charge >= 0.3 is 0 Å². The van der Waals surface area contributed by atoms with E-state index in [1.165, 1.54) is 13.3 Å². The zero-order chi connectivity index (χ0) is 17.8. The third kappa shape index (κ3) is 4.16. The van der Waals surface area contributed by atoms with Crippen LogP contribution in [0.15, 0.2) is 30.6 Å². The van der Waals surface area contributed by atoms with Gasteiger partial charge in [-0.15, -0.1) is 0 Å². The van der Waals surface area contributed by atoms with E-state index in [0.29, 0.717) is 11.5 Å². The highest BCUT2D eigenvalue weighted by molar-refractivity contribution is 5.89. The number of likely N-dealkylation sites (N-methyl/N-ethyl adjacent to an activating group) is 1. The summed E-state index contributed by atoms with van der Waals surface area (Å²) in [5.41, 5.74) is 8.41. The molecule has 1 aliphatic heterocycles. The minimum Gasteiger partial charge on any atom is -0.393 e. The van der Waals surface area contributed by atoms with Gasteiger partial charge in [0.2, 0.25) is 5.91 Å². The first-order valence-corrected chi connectivity index (χ1v) is 8.21. The standard InChI is InChI=1S/C17H23N7O/c1-12(25)21-13-3-5-14(6-4-13)22-16-15(18)17(20-11-19-16)24-9-7-23(2)8-10-24/h3-6,11H,7-10,18H2,1-2H3,(H,21,25)(H,19,20,22). The van der Waals surface area contributed by atoms with E-state index in [4.69, 9.17) is 5.73 Å². The number of nitrogens with zero attached hydrogens (tertiary/aromatic N) is 4. The third-order valence-electron chi connectivity index (χ3n) is 4.13. The fraction of sp³-hybridized carbons (Fsp3) is 0.353. The van der Waals surface area contributed by atoms with Crippen LogP contribution in [0.25, 0.3) is 0 Å². The zero-order valence-corrected chi connectivity index (χ0v) is 14.5. The van der Waals surface area contributed by atoms with Gasteiger partial charge in [0.1, 0.15) is 12.0 Å². The van der Waals surface area contributed by atoms with E-state index >= 15 is 0 Å². The number of hydrogen-bond acceptors (Lipinski definition) is 7. The molecule has 0 spiro atoms. The average molecular weight is 341 g/mol. The lowest BCUT2D eigenvalue weighted by molar-refractivity contribution is -0.114. The Morgan fingerprint density at radius 2 is 1.72 bits per heavy atom. The number of hydrogen-bond donors (Lipinski definition) is 3. The number of benzene rings is 1. The highest BCUT2D eigenvalue weighted by Crippen LogP contribution is 2.29. The lowest BCUT2D eigenvalue weighted by atomic mass is 10.2. The number of nitrogens with one attached hydrogen (secondary N) is 2. The summed E-state index contributed by atoms with van der Waals surface area (Å²) in [6.45, 7) is 5.23. The lowest BCUT2D eigenvalue weighted by Gasteiger charge is -2.33. The van der Waals surface area contributed by atoms with Crippen molar-refractivity contribution in [2.75, 3.05) is 54.5 Å². The van der Waals surface area contributed by atoms with Crippen molar-refractivity contribution in [2.24, 2.45) is 0 Å². The van der Waals surface area contributed by atoms with Crippen molar-refractivity contribution in [2.45, 2.75) is 6.92 Å². The summed E-state index contributed by atoms with van der Waals surface area (Å²) in [4.78, 5) is 24.2. The van der Waals surface area contributed by atoms with E-state index in [1.807, 2.05) is 24.3 Å². The Balaban J connectivity index is 1.74. The van der Waals surface area contributed by atoms with Crippen LogP contribution in [-0.4, -0.2) is 54.0 Å². The average Bonchev–Trinajstić information content (AvgIpc) is 2.59. The number of piperazine rings is 1. The second kappa shape index (κ2) is 7.35. The predicted molar refractivity (Wildman–Crippen MR) is 100 cm³/mol. The Labute approximate surface area is 147 Å². The largest absolute Gasteiger partial charge is 0.393 e. The lowest BCUT2D eigenvalue weighted by Crippen LogP contribution is -2.45. The highest BCUT2D eigenvalue weighted by atomic mass is 16.1. The number of carbonyl (C=O) groups is 1. The third-order valence-corrected chi connectivity index (χ3v) is 4.13. The number of amides is 1. The smallest absolute Gasteiger partial charge is 0.221 e. The van der Waals surface area contributed by atoms with Gasteiger partial charge in [-0.05, 0) is 31.3 Å². The molecule has 1 aromatic heterocycles. The molecular weight excluding hydrogens is 318 g/mol. The van der Waals surface area contributed by atoms with E-state index in [9.17, 15) is 4.79 Å². The van der Waals surface area contributed by atoms with Crippen LogP contribution in [-0.2, 0) is 4.79 Å². The Kier molecular flexibility index (Phi) is 4.99. The molecule has 0 saturated carbocycles. The summed E-state index contributed by atoms with van der Waals surface area (Å²) in [5.74, 6) is 1.24. The van der Waals surface area contributed by atoms with Crippen molar-refractivity contribution in [3.05, 3.63) is 30.6 Å². The van der Waals surface area contributed by atoms with Crippen molar-refractivity contribution in [3.8, 4) is 0 Å². The van der Waals surface area contributed by atoms with Crippen molar-refractivity contribution >= 4 is 34.6 Å². The van der Waals surface area contributed by atoms with E-state index < -0.39 is 0 Å². The van der Waals surface area contributed by atoms with Crippen LogP contribution in [0.1, 0.15) is 6.92 Å². The summed E-state index contributed by atoms with van der Waals surface area (Å²) in [7, 11) is 2.11. The number of nitrogen functional groups attached to an aromatic ring is 1. The molecule has 1 aromatic carbocycles. The molecule has 1 aliphatic rings. The van der Waals surface area contributed by atoms with Crippen LogP contribution in [0, 0.1) is 0 Å². The van der Waals surface area contributed by atoms with Crippen LogP contribution >= 0.6 is 0 Å². The number of anilines is 5. The first kappa shape index (κ1) is 17.0. The SMILES string of the molecule is CC(=O)Nc1ccc(Nc2ncnc(N3CCN(C)CC3)c2N)cc1. The fourth-order valence-electron chi connectivity index (χ4n) is 2.73. The van der Waals surface area contributed by atoms with Crippen LogP contribution in [0.2, 0.25) is 0 Å². The number of aromatic nitrogens is 2. The quantitative estimate of drug-likeness (QED) is 0.775. The number of rotatable bonds is 4. The van der Waals surface area contributed by atoms with Crippen LogP contribution in [0.3, 0.4) is 0 Å². The minimum absolute atomic E-state index is 0.0995. The van der Waals surface area contributed by atoms with Gasteiger partial charge in [-0.3, -0.25) is 4.79 Å². The molecule has 25 heavy (non-hydrogen) atoms. The van der Waals surface area contributed by atoms with Gasteiger partial charge in [0, 0.05) is 44.5 Å². The van der Waals surface area contributed by atoms with Gasteiger partial charge < -0.3 is 26.2 Å². The van der Waals surface area contributed by atoms with Gasteiger partial charge in [0.15, 0.2) is 11.6 Å². The molecule has 0 unspecified atom stereocenters. The van der Waals surface area contributed by atoms with Gasteiger partial charge in [0.25, 0.3) is 0 Å². The fourth-order valence-corrected chi connectivity index (χ4v) is 2.73. The minimum atomic E-state index is -0.0995. The molecular formula is C17H23N7O. The molecule has 8 heteroatoms. The Morgan fingerprint density at radius 1 is 1.08 bits per heavy atom. The Hall–Kier alpha value is -2.87. The molecule has 4 N–H and O–H groups in total. The molecule has 1 fully saturated rings. The first-order chi connectivity index (χ1) is 12.0. The summed E-state index contributed by atoms with van der Waals surface area (Å²) in [6, 6.07) is 7.37. The second-order valence-corrected chi connectivity index (χ2v) is 6.13. The van der Waals surface area contributed by atoms with Crippen LogP contribution in [0.4, 0.5) is 28.7 Å². The Morgan fingerprint density at radius 3 is 2.36 bits per heavy atom. The molecule has 2 aromatic rings. The molecule has 3 rings (SSSR count). The van der Waals surface area contributed by atoms with E-state index in [0.717, 1.165) is 43.4 Å². The van der Waals surface area contributed by atoms with Crippen LogP contribution < -0.4 is 21.3 Å². The molecule has 0 radical (unpaired) electrons. The molecule has 132 valence electrons. The summed E-state index contributed by atoms with van der Waals surface area (Å²) >= 11 is 0. The number of nitrogens with two attached hydrogens (primary N) is 1. The van der Waals surface area contributed by atoms with Gasteiger partial charge in [-0.2, -0.15) is 0 Å². The monoisotopic (exact) mass is 341 g/mol. The van der Waals surface area contributed by atoms with Crippen molar-refractivity contribution in [1.29, 1.82) is 0 Å². The van der Waals surface area contributed by atoms with Crippen molar-refractivity contribution in [3.63, 3.8) is 0 Å². The molecule has 2 heterocycles. The highest BCUT2D eigenvalue weighted by Gasteiger charge is 2.19. The second-order valence-electron chi connectivity index (χ2n) is 6.13. The van der Waals surface area contributed by atoms with E-state index in [-0.39, 0.29) is 5.91 Å². The Bertz CT molecular complexity index is 739. The van der Waals surface area contributed by atoms with Gasteiger partial charge in [-0.1, -0.05) is 0 Å². The number of carbonyl (C=O) groups excluding carboxylic acids is 1. The van der Waals surface area contributed by atoms with Gasteiger partial charge in [0.05, 0.1) is 0 Å². The predicted octanol–water partition coefficient (Wildman–Crippen LogP) is 1.51. The summed E-state index contributed by atoms with van der Waals surface area (Å²) < 4.78 is 0. The first-order valence-electron chi connectivity index (χ1n) is 8.21. The molecule has 8 nitrogen and oxygen atoms in total. The summed E-state index contributed by atoms with van der Waals surface area (Å²) in [6.07, 6.45) is 1.53. The molecule has 1 saturated heterocycles. The van der Waals surface area contributed by atoms with Crippen molar-refractivity contribution in [1.82, 2.24) is 14.9 Å². The maximum Gasteiger partial charge on any atom is 0.221 e. The van der Waals surface area contributed by atoms with Crippen molar-refractivity contribution < 1.29 is 4.79 Å². The van der Waals surface area contributed by atoms with Gasteiger partial charge in [-0.25, -0.2) is 9.97 Å². The normalized spacial score (nSPS) is 15.0. The molecule has 0 atom stereocenters. The molecule has 0 aliphatic carbocycles. The van der Waals surface area contributed by atoms with E-state index in [2.05, 4.69) is 37.4 Å². The molecule has 1 amide bonds. The van der Waals surface area contributed by atoms with E-state index in [1.54, 1.807) is 0 Å². The zero-order valence-electron chi connectivity index (χ0n) is 14.5.